The molecule has 7 N–H and O–H groups in total. The van der Waals surface area contributed by atoms with Crippen LogP contribution in [0.5, 0.6) is 0 Å². The first kappa shape index (κ1) is 11.9. The lowest BCUT2D eigenvalue weighted by molar-refractivity contribution is -0.0185. The van der Waals surface area contributed by atoms with Crippen LogP contribution in [-0.4, -0.2) is 26.6 Å². The second-order valence-electron chi connectivity index (χ2n) is 1.11. The monoisotopic (exact) mass is 170 g/mol. The predicted molar refractivity (Wildman–Crippen MR) is 42.5 cm³/mol. The average Bonchev–Trinajstić information content (AvgIpc) is 1.61. The van der Waals surface area contributed by atoms with Crippen molar-refractivity contribution >= 4 is 28.3 Å². The van der Waals surface area contributed by atoms with Crippen LogP contribution in [0.15, 0.2) is 0 Å². The van der Waals surface area contributed by atoms with Crippen LogP contribution >= 0.6 is 24.0 Å². The van der Waals surface area contributed by atoms with Crippen molar-refractivity contribution in [1.82, 2.24) is 6.15 Å². The van der Waals surface area contributed by atoms with Crippen LogP contribution in [0.3, 0.4) is 0 Å². The summed E-state index contributed by atoms with van der Waals surface area (Å²) in [6.07, 6.45) is -1.32. The molecule has 6 heteroatoms. The molecular formula is C3H10N2O2S2. The summed E-state index contributed by atoms with van der Waals surface area (Å²) in [4.78, 5) is 0. The van der Waals surface area contributed by atoms with E-state index < -0.39 is 6.29 Å². The van der Waals surface area contributed by atoms with E-state index in [4.69, 9.17) is 15.9 Å². The summed E-state index contributed by atoms with van der Waals surface area (Å²) >= 11 is 5.48. The number of aliphatic hydroxyl groups excluding tert-OH is 1. The quantitative estimate of drug-likeness (QED) is 0.327. The fraction of sp³-hybridized carbons (Fsp3) is 0.667. The zero-order valence-corrected chi connectivity index (χ0v) is 6.41. The summed E-state index contributed by atoms with van der Waals surface area (Å²) in [7, 11) is 0. The molecule has 0 saturated heterocycles. The number of thioether (sulfide) groups is 1. The molecule has 0 fully saturated rings. The van der Waals surface area contributed by atoms with E-state index in [-0.39, 0.29) is 16.2 Å². The lowest BCUT2D eigenvalue weighted by Gasteiger charge is -1.98. The van der Waals surface area contributed by atoms with Crippen LogP contribution in [0.1, 0.15) is 0 Å². The summed E-state index contributed by atoms with van der Waals surface area (Å²) in [5.41, 5.74) is 5.01. The molecule has 56 valence electrons. The third-order valence-corrected chi connectivity index (χ3v) is 1.48. The van der Waals surface area contributed by atoms with Crippen molar-refractivity contribution in [1.29, 1.82) is 0 Å². The SMILES string of the molecule is N.NC(=S)SCC(O)O. The van der Waals surface area contributed by atoms with E-state index in [0.717, 1.165) is 11.8 Å². The van der Waals surface area contributed by atoms with E-state index in [1.165, 1.54) is 0 Å². The Bertz CT molecular complexity index is 87.9. The Kier molecular flexibility index (Phi) is 8.23. The van der Waals surface area contributed by atoms with Gasteiger partial charge in [-0.1, -0.05) is 24.0 Å². The van der Waals surface area contributed by atoms with Crippen molar-refractivity contribution in [3.8, 4) is 0 Å². The van der Waals surface area contributed by atoms with Crippen LogP contribution in [0, 0.1) is 0 Å². The van der Waals surface area contributed by atoms with Crippen LogP contribution in [-0.2, 0) is 0 Å². The van der Waals surface area contributed by atoms with Crippen LogP contribution in [0.4, 0.5) is 0 Å². The highest BCUT2D eigenvalue weighted by molar-refractivity contribution is 8.22. The van der Waals surface area contributed by atoms with E-state index in [1.54, 1.807) is 0 Å². The standard InChI is InChI=1S/C3H7NO2S2.H3N/c4-3(7)8-1-2(5)6;/h2,5-6H,1H2,(H2,4,7);1H3. The third-order valence-electron chi connectivity index (χ3n) is 0.375. The van der Waals surface area contributed by atoms with Crippen molar-refractivity contribution < 1.29 is 10.2 Å². The molecule has 0 radical (unpaired) electrons. The topological polar surface area (TPSA) is 101 Å². The average molecular weight is 170 g/mol. The Morgan fingerprint density at radius 2 is 2.11 bits per heavy atom. The molecule has 0 aliphatic rings. The molecule has 0 bridgehead atoms. The minimum absolute atomic E-state index is 0. The van der Waals surface area contributed by atoms with Crippen molar-refractivity contribution in [2.24, 2.45) is 5.73 Å². The largest absolute Gasteiger partial charge is 0.385 e. The van der Waals surface area contributed by atoms with Gasteiger partial charge in [-0.2, -0.15) is 0 Å². The number of aliphatic hydroxyl groups is 2. The zero-order chi connectivity index (χ0) is 6.57. The molecule has 0 aliphatic heterocycles. The van der Waals surface area contributed by atoms with Crippen molar-refractivity contribution in [3.63, 3.8) is 0 Å². The van der Waals surface area contributed by atoms with Crippen molar-refractivity contribution in [2.75, 3.05) is 5.75 Å². The van der Waals surface area contributed by atoms with Gasteiger partial charge in [0, 0.05) is 0 Å². The van der Waals surface area contributed by atoms with Crippen LogP contribution in [0.25, 0.3) is 0 Å². The second-order valence-corrected chi connectivity index (χ2v) is 2.87. The molecular weight excluding hydrogens is 160 g/mol. The zero-order valence-electron chi connectivity index (χ0n) is 4.78. The summed E-state index contributed by atoms with van der Waals surface area (Å²) < 4.78 is 0.234. The summed E-state index contributed by atoms with van der Waals surface area (Å²) in [5.74, 6) is 0.148. The van der Waals surface area contributed by atoms with Crippen molar-refractivity contribution in [3.05, 3.63) is 0 Å². The number of rotatable bonds is 2. The Morgan fingerprint density at radius 3 is 2.22 bits per heavy atom. The highest BCUT2D eigenvalue weighted by Gasteiger charge is 1.96. The Morgan fingerprint density at radius 1 is 1.67 bits per heavy atom. The normalized spacial score (nSPS) is 8.78. The Hall–Kier alpha value is 0.120. The second kappa shape index (κ2) is 6.24. The highest BCUT2D eigenvalue weighted by atomic mass is 32.2. The van der Waals surface area contributed by atoms with E-state index in [0.29, 0.717) is 0 Å². The smallest absolute Gasteiger partial charge is 0.161 e. The van der Waals surface area contributed by atoms with Gasteiger partial charge in [0.15, 0.2) is 6.29 Å². The summed E-state index contributed by atoms with van der Waals surface area (Å²) in [5, 5.41) is 16.4. The third kappa shape index (κ3) is 11.6. The maximum absolute atomic E-state index is 8.22. The van der Waals surface area contributed by atoms with Gasteiger partial charge < -0.3 is 22.1 Å². The lowest BCUT2D eigenvalue weighted by Crippen LogP contribution is -2.12. The van der Waals surface area contributed by atoms with Crippen LogP contribution in [0.2, 0.25) is 0 Å². The predicted octanol–water partition coefficient (Wildman–Crippen LogP) is -0.564. The molecule has 0 aromatic heterocycles. The van der Waals surface area contributed by atoms with E-state index in [9.17, 15) is 0 Å². The molecule has 0 atom stereocenters. The van der Waals surface area contributed by atoms with Gasteiger partial charge in [-0.25, -0.2) is 0 Å². The van der Waals surface area contributed by atoms with Gasteiger partial charge in [0.25, 0.3) is 0 Å². The summed E-state index contributed by atoms with van der Waals surface area (Å²) in [6, 6.07) is 0. The van der Waals surface area contributed by atoms with Gasteiger partial charge in [-0.05, 0) is 0 Å². The number of hydrogen-bond acceptors (Lipinski definition) is 5. The minimum atomic E-state index is -1.32. The fourth-order valence-electron chi connectivity index (χ4n) is 0.157. The maximum atomic E-state index is 8.22. The molecule has 0 aromatic carbocycles. The Balaban J connectivity index is 0. The van der Waals surface area contributed by atoms with Gasteiger partial charge in [0.05, 0.1) is 5.75 Å². The molecule has 0 aliphatic carbocycles. The van der Waals surface area contributed by atoms with Gasteiger partial charge in [-0.15, -0.1) is 0 Å². The lowest BCUT2D eigenvalue weighted by atomic mass is 10.8. The van der Waals surface area contributed by atoms with Gasteiger partial charge in [0.2, 0.25) is 0 Å². The van der Waals surface area contributed by atoms with Crippen molar-refractivity contribution in [2.45, 2.75) is 6.29 Å². The number of nitrogens with two attached hydrogens (primary N) is 1. The molecule has 0 unspecified atom stereocenters. The molecule has 4 nitrogen and oxygen atoms in total. The molecule has 0 spiro atoms. The van der Waals surface area contributed by atoms with E-state index in [2.05, 4.69) is 12.2 Å². The number of hydrogen-bond donors (Lipinski definition) is 4. The molecule has 0 amide bonds. The van der Waals surface area contributed by atoms with Crippen LogP contribution < -0.4 is 11.9 Å². The van der Waals surface area contributed by atoms with E-state index in [1.807, 2.05) is 0 Å². The van der Waals surface area contributed by atoms with Gasteiger partial charge in [0.1, 0.15) is 4.32 Å². The first-order valence-corrected chi connectivity index (χ1v) is 3.30. The number of thiocarbonyl (C=S) groups is 1. The van der Waals surface area contributed by atoms with Gasteiger partial charge in [-0.3, -0.25) is 0 Å². The maximum Gasteiger partial charge on any atom is 0.161 e. The molecule has 0 saturated carbocycles. The first-order valence-electron chi connectivity index (χ1n) is 1.91. The highest BCUT2D eigenvalue weighted by Crippen LogP contribution is 1.99. The minimum Gasteiger partial charge on any atom is -0.385 e. The Labute approximate surface area is 63.0 Å². The first-order chi connectivity index (χ1) is 3.63. The molecule has 0 aromatic rings. The summed E-state index contributed by atoms with van der Waals surface area (Å²) in [6.45, 7) is 0. The van der Waals surface area contributed by atoms with Gasteiger partial charge >= 0.3 is 0 Å². The van der Waals surface area contributed by atoms with E-state index >= 15 is 0 Å². The fourth-order valence-corrected chi connectivity index (χ4v) is 0.674. The molecule has 0 heterocycles. The molecule has 0 rings (SSSR count). The molecule has 9 heavy (non-hydrogen) atoms.